The number of rotatable bonds is 5. The van der Waals surface area contributed by atoms with Crippen molar-refractivity contribution in [2.24, 2.45) is 11.3 Å². The highest BCUT2D eigenvalue weighted by atomic mass is 32.2. The average molecular weight is 394 g/mol. The molecule has 0 unspecified atom stereocenters. The Bertz CT molecular complexity index is 856. The third-order valence-corrected chi connectivity index (χ3v) is 7.99. The zero-order valence-corrected chi connectivity index (χ0v) is 16.8. The number of carbonyl (C=O) groups is 1. The highest BCUT2D eigenvalue weighted by molar-refractivity contribution is 7.89. The summed E-state index contributed by atoms with van der Waals surface area (Å²) in [6.07, 6.45) is 4.47. The van der Waals surface area contributed by atoms with Crippen LogP contribution in [0, 0.1) is 11.3 Å². The fourth-order valence-corrected chi connectivity index (χ4v) is 5.69. The van der Waals surface area contributed by atoms with Crippen molar-refractivity contribution in [3.8, 4) is 0 Å². The van der Waals surface area contributed by atoms with Crippen LogP contribution in [-0.2, 0) is 32.4 Å². The van der Waals surface area contributed by atoms with Gasteiger partial charge < -0.3 is 10.1 Å². The summed E-state index contributed by atoms with van der Waals surface area (Å²) in [5, 5.41) is 2.89. The van der Waals surface area contributed by atoms with E-state index in [9.17, 15) is 13.2 Å². The average Bonchev–Trinajstić information content (AvgIpc) is 3.41. The zero-order chi connectivity index (χ0) is 19.2. The topological polar surface area (TPSA) is 88.6 Å². The first-order chi connectivity index (χ1) is 12.8. The van der Waals surface area contributed by atoms with Crippen LogP contribution in [0.5, 0.6) is 0 Å². The molecule has 27 heavy (non-hydrogen) atoms. The molecule has 2 fully saturated rings. The van der Waals surface area contributed by atoms with Crippen LogP contribution in [0.25, 0.3) is 0 Å². The van der Waals surface area contributed by atoms with Crippen LogP contribution in [-0.4, -0.2) is 49.9 Å². The number of carbonyl (C=O) groups excluding carboxylic acids is 1. The summed E-state index contributed by atoms with van der Waals surface area (Å²) in [5.41, 5.74) is 1.13. The molecule has 1 aromatic rings. The van der Waals surface area contributed by atoms with Gasteiger partial charge in [0.25, 0.3) is 0 Å². The smallest absolute Gasteiger partial charge is 0.243 e. The summed E-state index contributed by atoms with van der Waals surface area (Å²) < 4.78 is 33.2. The van der Waals surface area contributed by atoms with Gasteiger partial charge >= 0.3 is 0 Å². The molecule has 3 aliphatic rings. The van der Waals surface area contributed by atoms with E-state index in [1.54, 1.807) is 6.07 Å². The number of hydrogen-bond acceptors (Lipinski definition) is 5. The molecule has 2 aliphatic carbocycles. The molecule has 0 radical (unpaired) electrons. The number of aryl methyl sites for hydroxylation is 1. The maximum Gasteiger partial charge on any atom is 0.243 e. The lowest BCUT2D eigenvalue weighted by molar-refractivity contribution is -0.125. The molecule has 1 aliphatic heterocycles. The monoisotopic (exact) mass is 393 g/mol. The summed E-state index contributed by atoms with van der Waals surface area (Å²) in [6.45, 7) is 5.42. The van der Waals surface area contributed by atoms with Crippen molar-refractivity contribution in [1.29, 1.82) is 0 Å². The van der Waals surface area contributed by atoms with Crippen molar-refractivity contribution >= 4 is 21.7 Å². The molecule has 8 heteroatoms. The quantitative estimate of drug-likeness (QED) is 0.826. The number of sulfonamides is 1. The molecule has 0 spiro atoms. The lowest BCUT2D eigenvalue weighted by Crippen LogP contribution is -2.41. The van der Waals surface area contributed by atoms with Gasteiger partial charge in [0.1, 0.15) is 5.82 Å². The van der Waals surface area contributed by atoms with Gasteiger partial charge in [-0.1, -0.05) is 13.8 Å². The van der Waals surface area contributed by atoms with Gasteiger partial charge in [0.05, 0.1) is 18.1 Å². The number of amides is 1. The number of morpholine rings is 1. The van der Waals surface area contributed by atoms with E-state index < -0.39 is 15.4 Å². The third-order valence-electron chi connectivity index (χ3n) is 6.02. The minimum Gasteiger partial charge on any atom is -0.379 e. The maximum atomic E-state index is 13.2. The largest absolute Gasteiger partial charge is 0.379 e. The van der Waals surface area contributed by atoms with Gasteiger partial charge in [-0.05, 0) is 43.6 Å². The Morgan fingerprint density at radius 3 is 2.63 bits per heavy atom. The minimum absolute atomic E-state index is 0.0924. The van der Waals surface area contributed by atoms with Gasteiger partial charge in [-0.3, -0.25) is 4.79 Å². The van der Waals surface area contributed by atoms with Gasteiger partial charge in [-0.25, -0.2) is 13.4 Å². The maximum absolute atomic E-state index is 13.2. The van der Waals surface area contributed by atoms with E-state index in [1.165, 1.54) is 4.31 Å². The van der Waals surface area contributed by atoms with Gasteiger partial charge in [0.2, 0.25) is 15.9 Å². The van der Waals surface area contributed by atoms with Crippen molar-refractivity contribution in [3.63, 3.8) is 0 Å². The molecule has 2 heterocycles. The molecule has 0 atom stereocenters. The number of aromatic nitrogens is 1. The third kappa shape index (κ3) is 3.50. The lowest BCUT2D eigenvalue weighted by Gasteiger charge is -2.27. The summed E-state index contributed by atoms with van der Waals surface area (Å²) in [5.74, 6) is 0.648. The first-order valence-corrected chi connectivity index (χ1v) is 11.2. The number of anilines is 1. The van der Waals surface area contributed by atoms with Gasteiger partial charge in [0.15, 0.2) is 0 Å². The second kappa shape index (κ2) is 6.83. The van der Waals surface area contributed by atoms with Crippen molar-refractivity contribution < 1.29 is 17.9 Å². The van der Waals surface area contributed by atoms with Crippen molar-refractivity contribution in [3.05, 3.63) is 17.3 Å². The van der Waals surface area contributed by atoms with E-state index in [-0.39, 0.29) is 5.91 Å². The van der Waals surface area contributed by atoms with Crippen LogP contribution in [0.2, 0.25) is 0 Å². The Balaban J connectivity index is 1.67. The number of nitrogens with one attached hydrogen (secondary N) is 1. The normalized spacial score (nSPS) is 21.1. The number of fused-ring (bicyclic) bond motifs is 1. The zero-order valence-electron chi connectivity index (χ0n) is 16.0. The van der Waals surface area contributed by atoms with E-state index in [0.717, 1.165) is 36.9 Å². The number of ether oxygens (including phenoxy) is 1. The standard InChI is InChI=1S/C19H27N3O4S/c1-19(2,13-6-7-13)18(23)21-17-12-16(14-4-3-5-15(14)20-17)27(24,25)22-8-10-26-11-9-22/h12-13H,3-11H2,1-2H3,(H,20,21,23). The number of nitrogens with zero attached hydrogens (tertiary/aromatic N) is 2. The molecule has 7 nitrogen and oxygen atoms in total. The molecule has 0 aromatic carbocycles. The molecule has 1 saturated carbocycles. The van der Waals surface area contributed by atoms with Gasteiger partial charge in [0, 0.05) is 30.3 Å². The Morgan fingerprint density at radius 2 is 1.96 bits per heavy atom. The van der Waals surface area contributed by atoms with E-state index in [1.807, 2.05) is 13.8 Å². The molecular weight excluding hydrogens is 366 g/mol. The fourth-order valence-electron chi connectivity index (χ4n) is 3.99. The van der Waals surface area contributed by atoms with E-state index in [2.05, 4.69) is 10.3 Å². The summed E-state index contributed by atoms with van der Waals surface area (Å²) in [6, 6.07) is 1.55. The number of hydrogen-bond donors (Lipinski definition) is 1. The molecule has 0 bridgehead atoms. The van der Waals surface area contributed by atoms with Crippen molar-refractivity contribution in [2.45, 2.75) is 50.8 Å². The van der Waals surface area contributed by atoms with Gasteiger partial charge in [-0.15, -0.1) is 0 Å². The van der Waals surface area contributed by atoms with E-state index >= 15 is 0 Å². The van der Waals surface area contributed by atoms with Crippen molar-refractivity contribution in [2.75, 3.05) is 31.6 Å². The SMILES string of the molecule is CC(C)(C(=O)Nc1cc(S(=O)(=O)N2CCOCC2)c2c(n1)CCC2)C1CC1. The summed E-state index contributed by atoms with van der Waals surface area (Å²) in [7, 11) is -3.62. The molecule has 1 amide bonds. The highest BCUT2D eigenvalue weighted by Gasteiger charge is 2.43. The lowest BCUT2D eigenvalue weighted by atomic mass is 9.86. The second-order valence-electron chi connectivity index (χ2n) is 8.25. The van der Waals surface area contributed by atoms with Crippen LogP contribution < -0.4 is 5.32 Å². The van der Waals surface area contributed by atoms with Crippen LogP contribution >= 0.6 is 0 Å². The van der Waals surface area contributed by atoms with E-state index in [0.29, 0.717) is 49.4 Å². The molecule has 1 saturated heterocycles. The second-order valence-corrected chi connectivity index (χ2v) is 10.2. The summed E-state index contributed by atoms with van der Waals surface area (Å²) in [4.78, 5) is 17.6. The molecule has 4 rings (SSSR count). The van der Waals surface area contributed by atoms with Crippen molar-refractivity contribution in [1.82, 2.24) is 9.29 Å². The van der Waals surface area contributed by atoms with Crippen LogP contribution in [0.4, 0.5) is 5.82 Å². The minimum atomic E-state index is -3.62. The molecule has 1 N–H and O–H groups in total. The molecule has 1 aromatic heterocycles. The van der Waals surface area contributed by atoms with Crippen LogP contribution in [0.15, 0.2) is 11.0 Å². The van der Waals surface area contributed by atoms with Crippen LogP contribution in [0.1, 0.15) is 44.4 Å². The molecular formula is C19H27N3O4S. The Morgan fingerprint density at radius 1 is 1.26 bits per heavy atom. The summed E-state index contributed by atoms with van der Waals surface area (Å²) >= 11 is 0. The first kappa shape index (κ1) is 18.8. The van der Waals surface area contributed by atoms with E-state index in [4.69, 9.17) is 4.74 Å². The Kier molecular flexibility index (Phi) is 4.76. The number of pyridine rings is 1. The Hall–Kier alpha value is -1.51. The first-order valence-electron chi connectivity index (χ1n) is 9.72. The highest BCUT2D eigenvalue weighted by Crippen LogP contribution is 2.45. The predicted octanol–water partition coefficient (Wildman–Crippen LogP) is 1.97. The predicted molar refractivity (Wildman–Crippen MR) is 101 cm³/mol. The fraction of sp³-hybridized carbons (Fsp3) is 0.684. The van der Waals surface area contributed by atoms with Crippen LogP contribution in [0.3, 0.4) is 0 Å². The van der Waals surface area contributed by atoms with Gasteiger partial charge in [-0.2, -0.15) is 4.31 Å². The Labute approximate surface area is 160 Å². The molecule has 148 valence electrons.